The van der Waals surface area contributed by atoms with Gasteiger partial charge >= 0.3 is 12.1 Å². The van der Waals surface area contributed by atoms with Crippen LogP contribution >= 0.6 is 0 Å². The third-order valence-corrected chi connectivity index (χ3v) is 7.00. The van der Waals surface area contributed by atoms with Gasteiger partial charge in [0.1, 0.15) is 35.6 Å². The van der Waals surface area contributed by atoms with Crippen molar-refractivity contribution in [2.24, 2.45) is 0 Å². The summed E-state index contributed by atoms with van der Waals surface area (Å²) in [5.41, 5.74) is -1.16. The van der Waals surface area contributed by atoms with Crippen molar-refractivity contribution >= 4 is 23.9 Å². The molecule has 0 unspecified atom stereocenters. The largest absolute Gasteiger partial charge is 0.458 e. The molecule has 0 aliphatic carbocycles. The number of halogens is 1. The fourth-order valence-electron chi connectivity index (χ4n) is 4.54. The van der Waals surface area contributed by atoms with Crippen LogP contribution in [0.5, 0.6) is 0 Å². The van der Waals surface area contributed by atoms with E-state index in [1.807, 2.05) is 18.2 Å². The smallest absolute Gasteiger partial charge is 0.408 e. The van der Waals surface area contributed by atoms with Crippen LogP contribution in [0.1, 0.15) is 65.0 Å². The molecular formula is C31H40FN3O6. The summed E-state index contributed by atoms with van der Waals surface area (Å²) in [5.74, 6) is -2.22. The molecule has 0 spiro atoms. The normalized spacial score (nSPS) is 17.2. The second kappa shape index (κ2) is 13.6. The van der Waals surface area contributed by atoms with E-state index in [1.54, 1.807) is 45.9 Å². The van der Waals surface area contributed by atoms with E-state index in [0.29, 0.717) is 19.4 Å². The molecule has 0 bridgehead atoms. The number of carbonyl (C=O) groups excluding carboxylic acids is 4. The fourth-order valence-corrected chi connectivity index (χ4v) is 4.54. The monoisotopic (exact) mass is 569 g/mol. The standard InChI is InChI=1S/C31H40FN3O6/c1-6-31(5,34-29(39)40-20-21-13-8-7-9-14-21)28(38)33-24(19-22-15-10-11-16-23(22)32)26(36)35-18-12-17-25(35)27(37)41-30(2,3)4/h7-11,13-16,24-25H,6,12,17-20H2,1-5H3,(H,33,38)(H,34,39)/t24-,25+,31-/m0/s1. The number of benzene rings is 2. The van der Waals surface area contributed by atoms with Crippen LogP contribution in [0, 0.1) is 5.82 Å². The van der Waals surface area contributed by atoms with Crippen molar-refractivity contribution in [3.63, 3.8) is 0 Å². The average molecular weight is 570 g/mol. The van der Waals surface area contributed by atoms with Gasteiger partial charge < -0.3 is 25.0 Å². The summed E-state index contributed by atoms with van der Waals surface area (Å²) in [5, 5.41) is 5.34. The number of nitrogens with one attached hydrogen (secondary N) is 2. The number of ether oxygens (including phenoxy) is 2. The van der Waals surface area contributed by atoms with E-state index >= 15 is 0 Å². The molecule has 0 aromatic heterocycles. The van der Waals surface area contributed by atoms with Crippen LogP contribution in [0.4, 0.5) is 9.18 Å². The first-order valence-corrected chi connectivity index (χ1v) is 13.9. The molecule has 2 aromatic rings. The maximum atomic E-state index is 14.6. The van der Waals surface area contributed by atoms with Gasteiger partial charge in [0.05, 0.1) is 0 Å². The summed E-state index contributed by atoms with van der Waals surface area (Å²) in [6, 6.07) is 13.1. The Balaban J connectivity index is 1.79. The Bertz CT molecular complexity index is 1230. The van der Waals surface area contributed by atoms with Crippen molar-refractivity contribution in [1.29, 1.82) is 0 Å². The van der Waals surface area contributed by atoms with E-state index in [0.717, 1.165) is 5.56 Å². The SMILES string of the molecule is CC[C@](C)(NC(=O)OCc1ccccc1)C(=O)N[C@@H](Cc1ccccc1F)C(=O)N1CCC[C@@H]1C(=O)OC(C)(C)C. The first-order chi connectivity index (χ1) is 19.3. The highest BCUT2D eigenvalue weighted by molar-refractivity contribution is 5.95. The van der Waals surface area contributed by atoms with Crippen molar-refractivity contribution in [3.8, 4) is 0 Å². The Morgan fingerprint density at radius 1 is 1.02 bits per heavy atom. The minimum Gasteiger partial charge on any atom is -0.458 e. The number of carbonyl (C=O) groups is 4. The highest BCUT2D eigenvalue weighted by Gasteiger charge is 2.42. The van der Waals surface area contributed by atoms with Gasteiger partial charge in [0, 0.05) is 13.0 Å². The molecule has 2 N–H and O–H groups in total. The van der Waals surface area contributed by atoms with Gasteiger partial charge in [-0.1, -0.05) is 55.5 Å². The van der Waals surface area contributed by atoms with Crippen molar-refractivity contribution in [1.82, 2.24) is 15.5 Å². The molecule has 9 nitrogen and oxygen atoms in total. The Labute approximate surface area is 240 Å². The van der Waals surface area contributed by atoms with Crippen molar-refractivity contribution in [3.05, 3.63) is 71.5 Å². The fraction of sp³-hybridized carbons (Fsp3) is 0.484. The van der Waals surface area contributed by atoms with Crippen LogP contribution in [0.2, 0.25) is 0 Å². The van der Waals surface area contributed by atoms with Gasteiger partial charge in [-0.3, -0.25) is 9.59 Å². The van der Waals surface area contributed by atoms with Gasteiger partial charge in [0.15, 0.2) is 0 Å². The minimum absolute atomic E-state index is 0.0174. The molecule has 1 fully saturated rings. The molecule has 222 valence electrons. The molecule has 10 heteroatoms. The molecule has 3 amide bonds. The van der Waals surface area contributed by atoms with Crippen LogP contribution in [-0.2, 0) is 36.9 Å². The van der Waals surface area contributed by atoms with Crippen LogP contribution in [0.15, 0.2) is 54.6 Å². The van der Waals surface area contributed by atoms with Gasteiger partial charge in [-0.05, 0) is 64.2 Å². The Hall–Kier alpha value is -3.95. The van der Waals surface area contributed by atoms with Gasteiger partial charge in [-0.15, -0.1) is 0 Å². The van der Waals surface area contributed by atoms with Crippen LogP contribution < -0.4 is 10.6 Å². The predicted molar refractivity (Wildman–Crippen MR) is 151 cm³/mol. The minimum atomic E-state index is -1.43. The van der Waals surface area contributed by atoms with E-state index in [4.69, 9.17) is 9.47 Å². The molecule has 3 rings (SSSR count). The van der Waals surface area contributed by atoms with E-state index < -0.39 is 52.9 Å². The molecule has 2 aromatic carbocycles. The zero-order chi connectivity index (χ0) is 30.2. The molecule has 41 heavy (non-hydrogen) atoms. The van der Waals surface area contributed by atoms with Gasteiger partial charge in [0.25, 0.3) is 0 Å². The molecule has 1 heterocycles. The van der Waals surface area contributed by atoms with E-state index in [2.05, 4.69) is 10.6 Å². The summed E-state index contributed by atoms with van der Waals surface area (Å²) >= 11 is 0. The van der Waals surface area contributed by atoms with Gasteiger partial charge in [-0.2, -0.15) is 0 Å². The lowest BCUT2D eigenvalue weighted by atomic mass is 9.96. The number of nitrogens with zero attached hydrogens (tertiary/aromatic N) is 1. The number of amides is 3. The number of rotatable bonds is 10. The molecule has 0 saturated carbocycles. The predicted octanol–water partition coefficient (Wildman–Crippen LogP) is 4.28. The number of hydrogen-bond donors (Lipinski definition) is 2. The Morgan fingerprint density at radius 3 is 2.32 bits per heavy atom. The van der Waals surface area contributed by atoms with Crippen molar-refractivity contribution in [2.45, 2.75) is 90.1 Å². The lowest BCUT2D eigenvalue weighted by Gasteiger charge is -2.33. The van der Waals surface area contributed by atoms with Crippen LogP contribution in [-0.4, -0.2) is 58.5 Å². The maximum Gasteiger partial charge on any atom is 0.408 e. The van der Waals surface area contributed by atoms with E-state index in [-0.39, 0.29) is 25.0 Å². The van der Waals surface area contributed by atoms with Crippen LogP contribution in [0.3, 0.4) is 0 Å². The first-order valence-electron chi connectivity index (χ1n) is 13.9. The number of hydrogen-bond acceptors (Lipinski definition) is 6. The third kappa shape index (κ3) is 8.77. The number of esters is 1. The number of alkyl carbamates (subject to hydrolysis) is 1. The lowest BCUT2D eigenvalue weighted by Crippen LogP contribution is -2.61. The topological polar surface area (TPSA) is 114 Å². The summed E-state index contributed by atoms with van der Waals surface area (Å²) < 4.78 is 25.5. The highest BCUT2D eigenvalue weighted by Crippen LogP contribution is 2.24. The highest BCUT2D eigenvalue weighted by atomic mass is 19.1. The Morgan fingerprint density at radius 2 is 1.68 bits per heavy atom. The summed E-state index contributed by atoms with van der Waals surface area (Å²) in [4.78, 5) is 54.3. The number of likely N-dealkylation sites (tertiary alicyclic amines) is 1. The zero-order valence-electron chi connectivity index (χ0n) is 24.4. The van der Waals surface area contributed by atoms with E-state index in [1.165, 1.54) is 30.0 Å². The average Bonchev–Trinajstić information content (AvgIpc) is 3.42. The summed E-state index contributed by atoms with van der Waals surface area (Å²) in [6.45, 7) is 8.79. The van der Waals surface area contributed by atoms with Crippen LogP contribution in [0.25, 0.3) is 0 Å². The first kappa shape index (κ1) is 31.6. The molecule has 3 atom stereocenters. The Kier molecular flexibility index (Phi) is 10.5. The molecule has 0 radical (unpaired) electrons. The zero-order valence-corrected chi connectivity index (χ0v) is 24.4. The molecule has 1 aliphatic rings. The van der Waals surface area contributed by atoms with Crippen molar-refractivity contribution < 1.29 is 33.0 Å². The van der Waals surface area contributed by atoms with E-state index in [9.17, 15) is 23.6 Å². The molecule has 1 saturated heterocycles. The van der Waals surface area contributed by atoms with Gasteiger partial charge in [-0.25, -0.2) is 14.0 Å². The molecular weight excluding hydrogens is 529 g/mol. The third-order valence-electron chi connectivity index (χ3n) is 7.00. The second-order valence-electron chi connectivity index (χ2n) is 11.4. The lowest BCUT2D eigenvalue weighted by molar-refractivity contribution is -0.163. The molecule has 1 aliphatic heterocycles. The van der Waals surface area contributed by atoms with Crippen molar-refractivity contribution in [2.75, 3.05) is 6.54 Å². The summed E-state index contributed by atoms with van der Waals surface area (Å²) in [6.07, 6.45) is 0.242. The van der Waals surface area contributed by atoms with Gasteiger partial charge in [0.2, 0.25) is 11.8 Å². The summed E-state index contributed by atoms with van der Waals surface area (Å²) in [7, 11) is 0. The quantitative estimate of drug-likeness (QED) is 0.413. The maximum absolute atomic E-state index is 14.6. The second-order valence-corrected chi connectivity index (χ2v) is 11.4.